The van der Waals surface area contributed by atoms with Gasteiger partial charge >= 0.3 is 0 Å². The molecule has 1 aliphatic carbocycles. The van der Waals surface area contributed by atoms with Crippen molar-refractivity contribution in [3.05, 3.63) is 240 Å². The van der Waals surface area contributed by atoms with Crippen LogP contribution >= 0.6 is 0 Å². The molecule has 0 fully saturated rings. The molecule has 1 aromatic heterocycles. The molecule has 57 heavy (non-hydrogen) atoms. The largest absolute Gasteiger partial charge is 0.228 e. The Morgan fingerprint density at radius 2 is 0.842 bits per heavy atom. The number of rotatable bonds is 7. The number of fused-ring (bicyclic) bond motifs is 3. The lowest BCUT2D eigenvalue weighted by atomic mass is 9.67. The second-order valence-corrected chi connectivity index (χ2v) is 14.5. The number of benzene rings is 8. The molecule has 0 saturated carbocycles. The molecule has 1 heterocycles. The van der Waals surface area contributed by atoms with Gasteiger partial charge in [-0.2, -0.15) is 5.26 Å². The molecule has 0 radical (unpaired) electrons. The van der Waals surface area contributed by atoms with Gasteiger partial charge in [-0.1, -0.05) is 182 Å². The van der Waals surface area contributed by atoms with Gasteiger partial charge in [-0.15, -0.1) is 0 Å². The Balaban J connectivity index is 1.05. The molecule has 0 saturated heterocycles. The second-order valence-electron chi connectivity index (χ2n) is 14.5. The predicted octanol–water partition coefficient (Wildman–Crippen LogP) is 13.0. The van der Waals surface area contributed by atoms with E-state index >= 15 is 0 Å². The minimum Gasteiger partial charge on any atom is -0.228 e. The monoisotopic (exact) mass is 725 g/mol. The molecule has 0 spiro atoms. The van der Waals surface area contributed by atoms with Crippen LogP contribution in [-0.4, -0.2) is 9.97 Å². The third-order valence-corrected chi connectivity index (χ3v) is 11.2. The topological polar surface area (TPSA) is 49.6 Å². The highest BCUT2D eigenvalue weighted by molar-refractivity contribution is 5.89. The van der Waals surface area contributed by atoms with E-state index in [2.05, 4.69) is 176 Å². The summed E-state index contributed by atoms with van der Waals surface area (Å²) in [5.74, 6) is 0.704. The molecular weight excluding hydrogens is 691 g/mol. The minimum absolute atomic E-state index is 0.549. The first-order chi connectivity index (χ1) is 28.2. The number of hydrogen-bond donors (Lipinski definition) is 0. The molecule has 1 aliphatic rings. The molecule has 0 atom stereocenters. The molecule has 266 valence electrons. The van der Waals surface area contributed by atoms with Crippen molar-refractivity contribution in [3.63, 3.8) is 0 Å². The van der Waals surface area contributed by atoms with Crippen molar-refractivity contribution in [2.45, 2.75) is 5.41 Å². The van der Waals surface area contributed by atoms with Crippen LogP contribution in [0.15, 0.2) is 212 Å². The number of aromatic nitrogens is 2. The first-order valence-electron chi connectivity index (χ1n) is 19.2. The van der Waals surface area contributed by atoms with Gasteiger partial charge in [0.2, 0.25) is 0 Å². The average molecular weight is 726 g/mol. The van der Waals surface area contributed by atoms with Gasteiger partial charge in [0.25, 0.3) is 0 Å². The third kappa shape index (κ3) is 5.92. The molecule has 0 aliphatic heterocycles. The van der Waals surface area contributed by atoms with Crippen LogP contribution in [0, 0.1) is 11.3 Å². The fourth-order valence-corrected chi connectivity index (χ4v) is 8.52. The lowest BCUT2D eigenvalue weighted by molar-refractivity contribution is 0.768. The zero-order chi connectivity index (χ0) is 38.2. The molecule has 0 unspecified atom stereocenters. The summed E-state index contributed by atoms with van der Waals surface area (Å²) in [6.07, 6.45) is 0. The molecule has 8 aromatic carbocycles. The molecular formula is C54H35N3. The zero-order valence-electron chi connectivity index (χ0n) is 31.0. The van der Waals surface area contributed by atoms with Gasteiger partial charge in [-0.25, -0.2) is 9.97 Å². The van der Waals surface area contributed by atoms with Gasteiger partial charge in [0.1, 0.15) is 0 Å². The molecule has 3 nitrogen and oxygen atoms in total. The Hall–Kier alpha value is -7.67. The van der Waals surface area contributed by atoms with Gasteiger partial charge in [-0.3, -0.25) is 0 Å². The van der Waals surface area contributed by atoms with Crippen LogP contribution in [0.5, 0.6) is 0 Å². The highest BCUT2D eigenvalue weighted by atomic mass is 14.9. The highest BCUT2D eigenvalue weighted by Gasteiger charge is 2.46. The second kappa shape index (κ2) is 14.2. The molecule has 0 amide bonds. The maximum atomic E-state index is 9.92. The Morgan fingerprint density at radius 1 is 0.351 bits per heavy atom. The lowest BCUT2D eigenvalue weighted by Crippen LogP contribution is -2.28. The maximum Gasteiger partial charge on any atom is 0.160 e. The quantitative estimate of drug-likeness (QED) is 0.164. The van der Waals surface area contributed by atoms with Gasteiger partial charge in [0.05, 0.1) is 28.4 Å². The van der Waals surface area contributed by atoms with Crippen molar-refractivity contribution in [2.75, 3.05) is 0 Å². The SMILES string of the molecule is N#Cc1ccc2c(c1)-c1ccc(-c3cccc(-c4ccc(-c5cc(-c6ccccc6)nc(-c6ccccc6)n5)cc4)c3)cc1C2(c1ccccc1)c1ccccc1. The summed E-state index contributed by atoms with van der Waals surface area (Å²) in [4.78, 5) is 10.0. The third-order valence-electron chi connectivity index (χ3n) is 11.2. The van der Waals surface area contributed by atoms with E-state index in [9.17, 15) is 5.26 Å². The Morgan fingerprint density at radius 3 is 1.46 bits per heavy atom. The van der Waals surface area contributed by atoms with Crippen molar-refractivity contribution < 1.29 is 0 Å². The van der Waals surface area contributed by atoms with Crippen LogP contribution in [0.25, 0.3) is 67.3 Å². The fraction of sp³-hybridized carbons (Fsp3) is 0.0185. The Labute approximate surface area is 332 Å². The smallest absolute Gasteiger partial charge is 0.160 e. The normalized spacial score (nSPS) is 12.3. The summed E-state index contributed by atoms with van der Waals surface area (Å²) in [6.45, 7) is 0. The molecule has 10 rings (SSSR count). The first-order valence-corrected chi connectivity index (χ1v) is 19.2. The lowest BCUT2D eigenvalue weighted by Gasteiger charge is -2.34. The van der Waals surface area contributed by atoms with Gasteiger partial charge in [0, 0.05) is 16.7 Å². The molecule has 0 bridgehead atoms. The predicted molar refractivity (Wildman–Crippen MR) is 231 cm³/mol. The van der Waals surface area contributed by atoms with Crippen LogP contribution in [0.1, 0.15) is 27.8 Å². The van der Waals surface area contributed by atoms with Crippen molar-refractivity contribution in [1.82, 2.24) is 9.97 Å². The number of hydrogen-bond acceptors (Lipinski definition) is 3. The summed E-state index contributed by atoms with van der Waals surface area (Å²) >= 11 is 0. The maximum absolute atomic E-state index is 9.92. The van der Waals surface area contributed by atoms with Crippen LogP contribution in [0.4, 0.5) is 0 Å². The molecule has 0 N–H and O–H groups in total. The van der Waals surface area contributed by atoms with Gasteiger partial charge < -0.3 is 0 Å². The molecule has 9 aromatic rings. The number of nitriles is 1. The van der Waals surface area contributed by atoms with Crippen LogP contribution in [-0.2, 0) is 5.41 Å². The minimum atomic E-state index is -0.549. The Bertz CT molecular complexity index is 2830. The van der Waals surface area contributed by atoms with Crippen molar-refractivity contribution in [1.29, 1.82) is 5.26 Å². The Kier molecular flexibility index (Phi) is 8.43. The van der Waals surface area contributed by atoms with E-state index < -0.39 is 5.41 Å². The summed E-state index contributed by atoms with van der Waals surface area (Å²) in [7, 11) is 0. The first kappa shape index (κ1) is 33.9. The molecule has 3 heteroatoms. The van der Waals surface area contributed by atoms with Crippen LogP contribution in [0.3, 0.4) is 0 Å². The summed E-state index contributed by atoms with van der Waals surface area (Å²) in [6, 6.07) is 76.9. The van der Waals surface area contributed by atoms with Crippen molar-refractivity contribution >= 4 is 0 Å². The van der Waals surface area contributed by atoms with Crippen LogP contribution < -0.4 is 0 Å². The van der Waals surface area contributed by atoms with Crippen LogP contribution in [0.2, 0.25) is 0 Å². The summed E-state index contributed by atoms with van der Waals surface area (Å²) in [5.41, 5.74) is 16.5. The number of nitrogens with zero attached hydrogens (tertiary/aromatic N) is 3. The summed E-state index contributed by atoms with van der Waals surface area (Å²) < 4.78 is 0. The van der Waals surface area contributed by atoms with Crippen molar-refractivity contribution in [2.24, 2.45) is 0 Å². The zero-order valence-corrected chi connectivity index (χ0v) is 31.0. The van der Waals surface area contributed by atoms with Gasteiger partial charge in [-0.05, 0) is 86.0 Å². The van der Waals surface area contributed by atoms with E-state index in [0.29, 0.717) is 11.4 Å². The van der Waals surface area contributed by atoms with E-state index in [-0.39, 0.29) is 0 Å². The fourth-order valence-electron chi connectivity index (χ4n) is 8.52. The standard InChI is InChI=1S/C54H35N3/c55-36-37-24-31-49-48(32-37)47-30-29-44(34-50(47)54(49,45-20-9-3-10-21-45)46-22-11-4-12-23-46)43-19-13-18-42(33-43)38-25-27-40(28-26-38)52-35-51(39-14-5-1-6-15-39)56-53(57-52)41-16-7-2-8-17-41/h1-35H. The average Bonchev–Trinajstić information content (AvgIpc) is 3.60. The van der Waals surface area contributed by atoms with Gasteiger partial charge in [0.15, 0.2) is 5.82 Å². The van der Waals surface area contributed by atoms with E-state index in [1.807, 2.05) is 42.5 Å². The van der Waals surface area contributed by atoms with E-state index in [1.54, 1.807) is 0 Å². The van der Waals surface area contributed by atoms with E-state index in [4.69, 9.17) is 9.97 Å². The van der Waals surface area contributed by atoms with E-state index in [0.717, 1.165) is 61.5 Å². The highest BCUT2D eigenvalue weighted by Crippen LogP contribution is 2.57. The summed E-state index contributed by atoms with van der Waals surface area (Å²) in [5, 5.41) is 9.92. The van der Waals surface area contributed by atoms with E-state index in [1.165, 1.54) is 22.3 Å². The van der Waals surface area contributed by atoms with Crippen molar-refractivity contribution in [3.8, 4) is 73.4 Å².